The summed E-state index contributed by atoms with van der Waals surface area (Å²) >= 11 is 0. The number of benzene rings is 1. The van der Waals surface area contributed by atoms with Gasteiger partial charge in [0, 0.05) is 12.1 Å². The predicted molar refractivity (Wildman–Crippen MR) is 94.1 cm³/mol. The quantitative estimate of drug-likeness (QED) is 0.798. The number of para-hydroxylation sites is 2. The molecule has 3 rings (SSSR count). The summed E-state index contributed by atoms with van der Waals surface area (Å²) < 4.78 is 30.1. The molecule has 0 N–H and O–H groups in total. The van der Waals surface area contributed by atoms with Crippen molar-refractivity contribution in [1.82, 2.24) is 9.47 Å². The smallest absolute Gasteiger partial charge is 0.408 e. The Balaban J connectivity index is 1.90. The maximum Gasteiger partial charge on any atom is 0.420 e. The van der Waals surface area contributed by atoms with Crippen molar-refractivity contribution in [1.29, 1.82) is 0 Å². The Kier molecular flexibility index (Phi) is 4.73. The largest absolute Gasteiger partial charge is 0.420 e. The van der Waals surface area contributed by atoms with E-state index >= 15 is 0 Å². The summed E-state index contributed by atoms with van der Waals surface area (Å²) in [6, 6.07) is 6.50. The Bertz CT molecular complexity index is 943. The van der Waals surface area contributed by atoms with Crippen LogP contribution < -0.4 is 5.76 Å². The number of oxazole rings is 1. The van der Waals surface area contributed by atoms with Crippen LogP contribution in [-0.4, -0.2) is 47.4 Å². The fourth-order valence-corrected chi connectivity index (χ4v) is 5.09. The molecule has 0 spiro atoms. The molecule has 2 atom stereocenters. The van der Waals surface area contributed by atoms with E-state index in [1.54, 1.807) is 29.2 Å². The van der Waals surface area contributed by atoms with Gasteiger partial charge in [-0.15, -0.1) is 0 Å². The van der Waals surface area contributed by atoms with Crippen LogP contribution in [0.15, 0.2) is 33.5 Å². The first-order valence-electron chi connectivity index (χ1n) is 8.42. The topological polar surface area (TPSA) is 89.6 Å². The molecule has 1 aliphatic heterocycles. The lowest BCUT2D eigenvalue weighted by Gasteiger charge is -2.33. The summed E-state index contributed by atoms with van der Waals surface area (Å²) in [4.78, 5) is 26.7. The van der Waals surface area contributed by atoms with E-state index in [4.69, 9.17) is 4.42 Å². The molecule has 1 fully saturated rings. The Hall–Kier alpha value is -2.09. The van der Waals surface area contributed by atoms with Gasteiger partial charge >= 0.3 is 5.76 Å². The van der Waals surface area contributed by atoms with Crippen molar-refractivity contribution >= 4 is 26.8 Å². The Labute approximate surface area is 146 Å². The zero-order chi connectivity index (χ0) is 18.2. The molecule has 2 heterocycles. The Morgan fingerprint density at radius 2 is 2.12 bits per heavy atom. The molecule has 7 nitrogen and oxygen atoms in total. The maximum absolute atomic E-state index is 12.9. The van der Waals surface area contributed by atoms with Gasteiger partial charge in [0.05, 0.1) is 17.0 Å². The van der Waals surface area contributed by atoms with Crippen LogP contribution in [0, 0.1) is 0 Å². The van der Waals surface area contributed by atoms with Crippen LogP contribution in [0.5, 0.6) is 0 Å². The third-order valence-electron chi connectivity index (χ3n) is 4.82. The Morgan fingerprint density at radius 1 is 1.40 bits per heavy atom. The first kappa shape index (κ1) is 17.7. The monoisotopic (exact) mass is 366 g/mol. The lowest BCUT2D eigenvalue weighted by molar-refractivity contribution is -0.136. The van der Waals surface area contributed by atoms with E-state index in [0.29, 0.717) is 23.9 Å². The third-order valence-corrected chi connectivity index (χ3v) is 6.57. The fraction of sp³-hybridized carbons (Fsp3) is 0.529. The number of nitrogens with zero attached hydrogens (tertiary/aromatic N) is 2. The summed E-state index contributed by atoms with van der Waals surface area (Å²) in [5, 5.41) is 0. The zero-order valence-corrected chi connectivity index (χ0v) is 15.2. The van der Waals surface area contributed by atoms with E-state index < -0.39 is 15.6 Å². The van der Waals surface area contributed by atoms with E-state index in [2.05, 4.69) is 0 Å². The van der Waals surface area contributed by atoms with Crippen LogP contribution >= 0.6 is 0 Å². The van der Waals surface area contributed by atoms with Crippen molar-refractivity contribution in [3.63, 3.8) is 0 Å². The molecule has 1 amide bonds. The number of fused-ring (bicyclic) bond motifs is 1. The number of carbonyl (C=O) groups is 1. The van der Waals surface area contributed by atoms with Gasteiger partial charge in [-0.2, -0.15) is 0 Å². The van der Waals surface area contributed by atoms with Gasteiger partial charge in [0.1, 0.15) is 6.54 Å². The van der Waals surface area contributed by atoms with E-state index in [0.717, 1.165) is 0 Å². The van der Waals surface area contributed by atoms with Gasteiger partial charge in [-0.1, -0.05) is 19.1 Å². The van der Waals surface area contributed by atoms with Crippen molar-refractivity contribution in [2.45, 2.75) is 45.3 Å². The second-order valence-electron chi connectivity index (χ2n) is 6.54. The van der Waals surface area contributed by atoms with Gasteiger partial charge < -0.3 is 9.32 Å². The van der Waals surface area contributed by atoms with Crippen LogP contribution in [0.1, 0.15) is 26.7 Å². The average Bonchev–Trinajstić information content (AvgIpc) is 3.07. The van der Waals surface area contributed by atoms with Crippen LogP contribution in [0.4, 0.5) is 0 Å². The second kappa shape index (κ2) is 6.67. The van der Waals surface area contributed by atoms with Crippen molar-refractivity contribution in [2.75, 3.05) is 11.5 Å². The molecule has 8 heteroatoms. The van der Waals surface area contributed by atoms with Crippen molar-refractivity contribution in [2.24, 2.45) is 0 Å². The Morgan fingerprint density at radius 3 is 2.76 bits per heavy atom. The maximum atomic E-state index is 12.9. The van der Waals surface area contributed by atoms with Crippen LogP contribution in [0.2, 0.25) is 0 Å². The summed E-state index contributed by atoms with van der Waals surface area (Å²) in [5.41, 5.74) is 0.989. The molecule has 0 saturated carbocycles. The number of amides is 1. The normalized spacial score (nSPS) is 20.6. The highest BCUT2D eigenvalue weighted by Gasteiger charge is 2.36. The lowest BCUT2D eigenvalue weighted by Crippen LogP contribution is -2.48. The number of sulfone groups is 1. The fourth-order valence-electron chi connectivity index (χ4n) is 3.38. The molecule has 0 unspecified atom stereocenters. The van der Waals surface area contributed by atoms with Gasteiger partial charge in [0.2, 0.25) is 5.91 Å². The highest BCUT2D eigenvalue weighted by atomic mass is 32.2. The number of aromatic nitrogens is 1. The lowest BCUT2D eigenvalue weighted by atomic mass is 10.1. The summed E-state index contributed by atoms with van der Waals surface area (Å²) in [7, 11) is -3.10. The summed E-state index contributed by atoms with van der Waals surface area (Å²) in [6.45, 7) is 3.70. The molecule has 1 aromatic carbocycles. The molecule has 0 radical (unpaired) electrons. The molecule has 1 saturated heterocycles. The minimum atomic E-state index is -3.10. The predicted octanol–water partition coefficient (Wildman–Crippen LogP) is 1.41. The van der Waals surface area contributed by atoms with Crippen LogP contribution in [0.3, 0.4) is 0 Å². The van der Waals surface area contributed by atoms with E-state index in [1.165, 1.54) is 4.57 Å². The molecule has 0 aliphatic carbocycles. The van der Waals surface area contributed by atoms with Crippen LogP contribution in [-0.2, 0) is 21.2 Å². The summed E-state index contributed by atoms with van der Waals surface area (Å²) in [5.74, 6) is -0.751. The SMILES string of the molecule is CC[C@@H](C)N(C(=O)Cn1c(=O)oc2ccccc21)[C@H]1CCS(=O)(=O)C1. The number of carbonyl (C=O) groups excluding carboxylic acids is 1. The standard InChI is InChI=1S/C17H22N2O5S/c1-3-12(2)19(13-8-9-25(22,23)11-13)16(20)10-18-14-6-4-5-7-15(14)24-17(18)21/h4-7,12-13H,3,8-11H2,1-2H3/t12-,13+/m1/s1. The molecule has 2 aromatic rings. The van der Waals surface area contributed by atoms with Gasteiger partial charge in [-0.05, 0) is 31.9 Å². The molecule has 1 aliphatic rings. The first-order chi connectivity index (χ1) is 11.8. The summed E-state index contributed by atoms with van der Waals surface area (Å²) in [6.07, 6.45) is 1.16. The van der Waals surface area contributed by atoms with Gasteiger partial charge in [0.15, 0.2) is 15.4 Å². The zero-order valence-electron chi connectivity index (χ0n) is 14.3. The highest BCUT2D eigenvalue weighted by molar-refractivity contribution is 7.91. The minimum Gasteiger partial charge on any atom is -0.408 e. The van der Waals surface area contributed by atoms with Gasteiger partial charge in [-0.3, -0.25) is 9.36 Å². The molecule has 25 heavy (non-hydrogen) atoms. The van der Waals surface area contributed by atoms with E-state index in [9.17, 15) is 18.0 Å². The molecule has 136 valence electrons. The van der Waals surface area contributed by atoms with E-state index in [-0.39, 0.29) is 36.0 Å². The number of rotatable bonds is 5. The van der Waals surface area contributed by atoms with Gasteiger partial charge in [0.25, 0.3) is 0 Å². The molecule has 0 bridgehead atoms. The van der Waals surface area contributed by atoms with Gasteiger partial charge in [-0.25, -0.2) is 13.2 Å². The average molecular weight is 366 g/mol. The second-order valence-corrected chi connectivity index (χ2v) is 8.77. The van der Waals surface area contributed by atoms with Crippen LogP contribution in [0.25, 0.3) is 11.1 Å². The van der Waals surface area contributed by atoms with Crippen molar-refractivity contribution < 1.29 is 17.6 Å². The van der Waals surface area contributed by atoms with E-state index in [1.807, 2.05) is 13.8 Å². The number of hydrogen-bond donors (Lipinski definition) is 0. The van der Waals surface area contributed by atoms with Crippen molar-refractivity contribution in [3.8, 4) is 0 Å². The van der Waals surface area contributed by atoms with Crippen molar-refractivity contribution in [3.05, 3.63) is 34.8 Å². The minimum absolute atomic E-state index is 0.00981. The molecule has 1 aromatic heterocycles. The third kappa shape index (κ3) is 3.49. The molecular weight excluding hydrogens is 344 g/mol. The first-order valence-corrected chi connectivity index (χ1v) is 10.2. The number of hydrogen-bond acceptors (Lipinski definition) is 5. The highest BCUT2D eigenvalue weighted by Crippen LogP contribution is 2.22. The molecular formula is C17H22N2O5S.